The Hall–Kier alpha value is -1.22. The number of rotatable bonds is 5. The van der Waals surface area contributed by atoms with Crippen LogP contribution in [0.15, 0.2) is 23.1 Å². The van der Waals surface area contributed by atoms with Crippen molar-refractivity contribution >= 4 is 28.1 Å². The van der Waals surface area contributed by atoms with Gasteiger partial charge in [0.25, 0.3) is 5.69 Å². The predicted molar refractivity (Wildman–Crippen MR) is 85.9 cm³/mol. The molecule has 0 aromatic heterocycles. The fourth-order valence-corrected chi connectivity index (χ4v) is 4.37. The van der Waals surface area contributed by atoms with E-state index in [-0.39, 0.29) is 28.9 Å². The molecule has 0 radical (unpaired) electrons. The number of non-ortho nitro benzene ring substituents is 1. The topological polar surface area (TPSA) is 92.6 Å². The highest BCUT2D eigenvalue weighted by Gasteiger charge is 2.33. The zero-order valence-corrected chi connectivity index (χ0v) is 14.1. The summed E-state index contributed by atoms with van der Waals surface area (Å²) in [6.45, 7) is 3.32. The van der Waals surface area contributed by atoms with Gasteiger partial charge in [-0.25, -0.2) is 8.42 Å². The number of sulfonamides is 1. The molecule has 1 unspecified atom stereocenters. The van der Waals surface area contributed by atoms with Gasteiger partial charge in [-0.15, -0.1) is 12.4 Å². The van der Waals surface area contributed by atoms with Gasteiger partial charge in [-0.3, -0.25) is 10.1 Å². The first kappa shape index (κ1) is 18.8. The number of nitrogens with one attached hydrogen (secondary N) is 1. The van der Waals surface area contributed by atoms with E-state index in [4.69, 9.17) is 0 Å². The van der Waals surface area contributed by atoms with Crippen LogP contribution in [-0.4, -0.2) is 44.3 Å². The summed E-state index contributed by atoms with van der Waals surface area (Å²) in [5, 5.41) is 13.9. The molecule has 124 valence electrons. The first-order valence-corrected chi connectivity index (χ1v) is 8.20. The van der Waals surface area contributed by atoms with Gasteiger partial charge in [-0.05, 0) is 38.4 Å². The molecule has 1 aromatic carbocycles. The van der Waals surface area contributed by atoms with E-state index in [1.54, 1.807) is 6.92 Å². The van der Waals surface area contributed by atoms with Gasteiger partial charge in [0, 0.05) is 25.2 Å². The van der Waals surface area contributed by atoms with Gasteiger partial charge < -0.3 is 5.32 Å². The zero-order valence-electron chi connectivity index (χ0n) is 12.5. The summed E-state index contributed by atoms with van der Waals surface area (Å²) in [7, 11) is -1.84. The Kier molecular flexibility index (Phi) is 6.30. The molecule has 2 rings (SSSR count). The number of nitro groups is 1. The lowest BCUT2D eigenvalue weighted by Gasteiger charge is -2.18. The maximum atomic E-state index is 12.7. The van der Waals surface area contributed by atoms with E-state index in [0.717, 1.165) is 19.0 Å². The normalized spacial score (nSPS) is 18.9. The summed E-state index contributed by atoms with van der Waals surface area (Å²) in [5.74, 6) is 0.281. The summed E-state index contributed by atoms with van der Waals surface area (Å²) in [6.07, 6.45) is 0.800. The molecule has 0 amide bonds. The molecule has 22 heavy (non-hydrogen) atoms. The van der Waals surface area contributed by atoms with Crippen molar-refractivity contribution in [3.63, 3.8) is 0 Å². The third-order valence-corrected chi connectivity index (χ3v) is 5.75. The lowest BCUT2D eigenvalue weighted by molar-refractivity contribution is -0.385. The van der Waals surface area contributed by atoms with Crippen LogP contribution in [0.25, 0.3) is 0 Å². The average molecular weight is 350 g/mol. The van der Waals surface area contributed by atoms with Crippen molar-refractivity contribution < 1.29 is 13.3 Å². The average Bonchev–Trinajstić information content (AvgIpc) is 2.88. The molecule has 9 heteroatoms. The zero-order chi connectivity index (χ0) is 15.6. The highest BCUT2D eigenvalue weighted by atomic mass is 35.5. The van der Waals surface area contributed by atoms with E-state index in [9.17, 15) is 18.5 Å². The van der Waals surface area contributed by atoms with Crippen LogP contribution in [0.2, 0.25) is 0 Å². The largest absolute Gasteiger partial charge is 0.319 e. The quantitative estimate of drug-likeness (QED) is 0.643. The Morgan fingerprint density at radius 1 is 1.45 bits per heavy atom. The second-order valence-corrected chi connectivity index (χ2v) is 7.19. The molecule has 1 fully saturated rings. The second kappa shape index (κ2) is 7.36. The summed E-state index contributed by atoms with van der Waals surface area (Å²) < 4.78 is 26.7. The minimum Gasteiger partial charge on any atom is -0.319 e. The monoisotopic (exact) mass is 349 g/mol. The lowest BCUT2D eigenvalue weighted by Crippen LogP contribution is -2.31. The summed E-state index contributed by atoms with van der Waals surface area (Å²) in [6, 6.07) is 3.95. The van der Waals surface area contributed by atoms with Gasteiger partial charge in [0.1, 0.15) is 0 Å². The fourth-order valence-electron chi connectivity index (χ4n) is 2.59. The van der Waals surface area contributed by atoms with Crippen molar-refractivity contribution in [3.05, 3.63) is 33.9 Å². The maximum absolute atomic E-state index is 12.7. The van der Waals surface area contributed by atoms with Gasteiger partial charge in [0.2, 0.25) is 10.0 Å². The molecule has 7 nitrogen and oxygen atoms in total. The van der Waals surface area contributed by atoms with Crippen LogP contribution in [0.4, 0.5) is 5.69 Å². The molecule has 1 aliphatic heterocycles. The van der Waals surface area contributed by atoms with Crippen LogP contribution in [0, 0.1) is 23.0 Å². The van der Waals surface area contributed by atoms with Crippen LogP contribution in [0.3, 0.4) is 0 Å². The van der Waals surface area contributed by atoms with Crippen molar-refractivity contribution in [2.45, 2.75) is 18.2 Å². The Balaban J connectivity index is 0.00000242. The van der Waals surface area contributed by atoms with E-state index in [1.165, 1.54) is 16.4 Å². The second-order valence-electron chi connectivity index (χ2n) is 5.28. The van der Waals surface area contributed by atoms with Gasteiger partial charge >= 0.3 is 0 Å². The Bertz CT molecular complexity index is 651. The number of benzene rings is 1. The number of halogens is 1. The summed E-state index contributed by atoms with van der Waals surface area (Å²) in [4.78, 5) is 10.3. The molecular formula is C13H20ClN3O4S. The molecule has 1 heterocycles. The SMILES string of the molecule is CNCC1CCN(S(=O)(=O)c2cc([N+](=O)[O-])ccc2C)C1.Cl. The molecule has 1 aromatic rings. The van der Waals surface area contributed by atoms with Crippen molar-refractivity contribution in [2.24, 2.45) is 5.92 Å². The van der Waals surface area contributed by atoms with Crippen LogP contribution in [-0.2, 0) is 10.0 Å². The summed E-state index contributed by atoms with van der Waals surface area (Å²) in [5.41, 5.74) is 0.322. The Labute approximate surface area is 136 Å². The maximum Gasteiger partial charge on any atom is 0.270 e. The molecule has 1 N–H and O–H groups in total. The number of hydrogen-bond acceptors (Lipinski definition) is 5. The Morgan fingerprint density at radius 3 is 2.73 bits per heavy atom. The third kappa shape index (κ3) is 3.75. The molecule has 1 saturated heterocycles. The third-order valence-electron chi connectivity index (χ3n) is 3.74. The molecule has 0 spiro atoms. The van der Waals surface area contributed by atoms with Gasteiger partial charge in [-0.2, -0.15) is 4.31 Å². The van der Waals surface area contributed by atoms with E-state index in [1.807, 2.05) is 7.05 Å². The number of hydrogen-bond donors (Lipinski definition) is 1. The molecule has 0 saturated carbocycles. The van der Waals surface area contributed by atoms with E-state index in [0.29, 0.717) is 18.7 Å². The van der Waals surface area contributed by atoms with Crippen LogP contribution in [0.1, 0.15) is 12.0 Å². The van der Waals surface area contributed by atoms with Crippen molar-refractivity contribution in [1.29, 1.82) is 0 Å². The number of nitrogens with zero attached hydrogens (tertiary/aromatic N) is 2. The smallest absolute Gasteiger partial charge is 0.270 e. The first-order chi connectivity index (χ1) is 9.86. The number of aryl methyl sites for hydroxylation is 1. The molecule has 1 aliphatic rings. The van der Waals surface area contributed by atoms with Gasteiger partial charge in [-0.1, -0.05) is 6.07 Å². The molecular weight excluding hydrogens is 330 g/mol. The van der Waals surface area contributed by atoms with Crippen LogP contribution in [0.5, 0.6) is 0 Å². The van der Waals surface area contributed by atoms with E-state index in [2.05, 4.69) is 5.32 Å². The minimum atomic E-state index is -3.68. The van der Waals surface area contributed by atoms with Crippen molar-refractivity contribution in [2.75, 3.05) is 26.7 Å². The van der Waals surface area contributed by atoms with Crippen LogP contribution >= 0.6 is 12.4 Å². The summed E-state index contributed by atoms with van der Waals surface area (Å²) >= 11 is 0. The van der Waals surface area contributed by atoms with Crippen molar-refractivity contribution in [3.8, 4) is 0 Å². The standard InChI is InChI=1S/C13H19N3O4S.ClH/c1-10-3-4-12(16(17)18)7-13(10)21(19,20)15-6-5-11(9-15)8-14-2;/h3-4,7,11,14H,5-6,8-9H2,1-2H3;1H. The van der Waals surface area contributed by atoms with E-state index < -0.39 is 14.9 Å². The molecule has 0 bridgehead atoms. The van der Waals surface area contributed by atoms with Crippen LogP contribution < -0.4 is 5.32 Å². The highest BCUT2D eigenvalue weighted by Crippen LogP contribution is 2.28. The Morgan fingerprint density at radius 2 is 2.14 bits per heavy atom. The highest BCUT2D eigenvalue weighted by molar-refractivity contribution is 7.89. The molecule has 0 aliphatic carbocycles. The van der Waals surface area contributed by atoms with Gasteiger partial charge in [0.15, 0.2) is 0 Å². The van der Waals surface area contributed by atoms with Gasteiger partial charge in [0.05, 0.1) is 9.82 Å². The lowest BCUT2D eigenvalue weighted by atomic mass is 10.1. The van der Waals surface area contributed by atoms with Crippen molar-refractivity contribution in [1.82, 2.24) is 9.62 Å². The predicted octanol–water partition coefficient (Wildman–Crippen LogP) is 1.56. The van der Waals surface area contributed by atoms with E-state index >= 15 is 0 Å². The minimum absolute atomic E-state index is 0. The number of nitro benzene ring substituents is 1. The fraction of sp³-hybridized carbons (Fsp3) is 0.538. The molecule has 1 atom stereocenters. The first-order valence-electron chi connectivity index (χ1n) is 6.76.